The van der Waals surface area contributed by atoms with E-state index < -0.39 is 0 Å². The molecule has 2 aromatic rings. The minimum absolute atomic E-state index is 0.246. The first-order chi connectivity index (χ1) is 8.97. The molecule has 0 saturated carbocycles. The molecule has 2 aromatic heterocycles. The summed E-state index contributed by atoms with van der Waals surface area (Å²) in [6.07, 6.45) is 1.84. The zero-order chi connectivity index (χ0) is 13.9. The smallest absolute Gasteiger partial charge is 0.0570 e. The largest absolute Gasteiger partial charge is 0.304 e. The molecule has 1 unspecified atom stereocenters. The van der Waals surface area contributed by atoms with E-state index in [-0.39, 0.29) is 11.5 Å². The Labute approximate surface area is 119 Å². The average Bonchev–Trinajstić information content (AvgIpc) is 2.86. The molecule has 0 radical (unpaired) electrons. The number of pyridine rings is 1. The van der Waals surface area contributed by atoms with E-state index in [1.807, 2.05) is 29.7 Å². The van der Waals surface area contributed by atoms with Gasteiger partial charge in [-0.3, -0.25) is 4.98 Å². The third-order valence-electron chi connectivity index (χ3n) is 3.11. The number of nitrogens with zero attached hydrogens (tertiary/aromatic N) is 1. The highest BCUT2D eigenvalue weighted by molar-refractivity contribution is 7.12. The second kappa shape index (κ2) is 5.85. The molecular formula is C16H22N2S. The van der Waals surface area contributed by atoms with Gasteiger partial charge in [0, 0.05) is 28.5 Å². The van der Waals surface area contributed by atoms with Crippen LogP contribution >= 0.6 is 11.3 Å². The van der Waals surface area contributed by atoms with Crippen LogP contribution in [0.5, 0.6) is 0 Å². The topological polar surface area (TPSA) is 24.9 Å². The van der Waals surface area contributed by atoms with Crippen LogP contribution in [-0.4, -0.2) is 4.98 Å². The third kappa shape index (κ3) is 3.88. The lowest BCUT2D eigenvalue weighted by atomic mass is 9.95. The first kappa shape index (κ1) is 14.2. The van der Waals surface area contributed by atoms with Crippen LogP contribution in [0.3, 0.4) is 0 Å². The van der Waals surface area contributed by atoms with E-state index in [0.29, 0.717) is 0 Å². The zero-order valence-corrected chi connectivity index (χ0v) is 12.9. The fourth-order valence-corrected chi connectivity index (χ4v) is 2.88. The van der Waals surface area contributed by atoms with E-state index in [9.17, 15) is 0 Å². The molecule has 19 heavy (non-hydrogen) atoms. The highest BCUT2D eigenvalue weighted by atomic mass is 32.1. The Morgan fingerprint density at radius 3 is 2.58 bits per heavy atom. The van der Waals surface area contributed by atoms with E-state index in [4.69, 9.17) is 0 Å². The van der Waals surface area contributed by atoms with Gasteiger partial charge < -0.3 is 5.32 Å². The van der Waals surface area contributed by atoms with Crippen LogP contribution in [0.4, 0.5) is 0 Å². The molecule has 2 nitrogen and oxygen atoms in total. The number of hydrogen-bond acceptors (Lipinski definition) is 3. The van der Waals surface area contributed by atoms with Gasteiger partial charge >= 0.3 is 0 Å². The van der Waals surface area contributed by atoms with Crippen molar-refractivity contribution in [1.82, 2.24) is 10.3 Å². The molecule has 0 fully saturated rings. The number of nitrogens with one attached hydrogen (secondary N) is 1. The maximum absolute atomic E-state index is 4.38. The van der Waals surface area contributed by atoms with Gasteiger partial charge in [0.1, 0.15) is 0 Å². The van der Waals surface area contributed by atoms with Crippen molar-refractivity contribution in [3.8, 4) is 0 Å². The highest BCUT2D eigenvalue weighted by Crippen LogP contribution is 2.29. The van der Waals surface area contributed by atoms with E-state index in [1.54, 1.807) is 0 Å². The summed E-state index contributed by atoms with van der Waals surface area (Å²) in [5.41, 5.74) is 1.34. The van der Waals surface area contributed by atoms with Gasteiger partial charge in [-0.15, -0.1) is 11.3 Å². The second-order valence-corrected chi connectivity index (χ2v) is 7.04. The monoisotopic (exact) mass is 274 g/mol. The summed E-state index contributed by atoms with van der Waals surface area (Å²) in [4.78, 5) is 7.20. The van der Waals surface area contributed by atoms with E-state index in [1.165, 1.54) is 9.75 Å². The molecule has 1 N–H and O–H groups in total. The highest BCUT2D eigenvalue weighted by Gasteiger charge is 2.16. The van der Waals surface area contributed by atoms with Gasteiger partial charge in [-0.05, 0) is 36.6 Å². The number of rotatable bonds is 4. The lowest BCUT2D eigenvalue weighted by Crippen LogP contribution is -2.18. The summed E-state index contributed by atoms with van der Waals surface area (Å²) >= 11 is 1.89. The Morgan fingerprint density at radius 1 is 1.21 bits per heavy atom. The molecule has 0 aliphatic carbocycles. The van der Waals surface area contributed by atoms with Crippen molar-refractivity contribution in [3.63, 3.8) is 0 Å². The van der Waals surface area contributed by atoms with Crippen molar-refractivity contribution in [2.45, 2.75) is 45.7 Å². The normalized spacial score (nSPS) is 13.5. The molecule has 0 aliphatic heterocycles. The summed E-state index contributed by atoms with van der Waals surface area (Å²) in [5, 5.41) is 3.53. The van der Waals surface area contributed by atoms with Crippen LogP contribution in [0.1, 0.15) is 49.2 Å². The molecular weight excluding hydrogens is 252 g/mol. The van der Waals surface area contributed by atoms with E-state index in [0.717, 1.165) is 12.2 Å². The summed E-state index contributed by atoms with van der Waals surface area (Å²) in [7, 11) is 0. The maximum atomic E-state index is 4.38. The fraction of sp³-hybridized carbons (Fsp3) is 0.438. The van der Waals surface area contributed by atoms with Crippen molar-refractivity contribution in [2.24, 2.45) is 0 Å². The molecule has 0 bridgehead atoms. The average molecular weight is 274 g/mol. The standard InChI is InChI=1S/C16H22N2S/c1-12(14-7-5-6-10-17-14)18-11-13-8-9-15(19-13)16(2,3)4/h5-10,12,18H,11H2,1-4H3. The van der Waals surface area contributed by atoms with E-state index >= 15 is 0 Å². The first-order valence-electron chi connectivity index (χ1n) is 6.70. The summed E-state index contributed by atoms with van der Waals surface area (Å²) in [5.74, 6) is 0. The molecule has 102 valence electrons. The Bertz CT molecular complexity index is 511. The zero-order valence-electron chi connectivity index (χ0n) is 12.1. The Kier molecular flexibility index (Phi) is 4.38. The third-order valence-corrected chi connectivity index (χ3v) is 4.63. The minimum atomic E-state index is 0.246. The predicted octanol–water partition coefficient (Wildman–Crippen LogP) is 4.29. The van der Waals surface area contributed by atoms with Crippen molar-refractivity contribution >= 4 is 11.3 Å². The van der Waals surface area contributed by atoms with Crippen molar-refractivity contribution < 1.29 is 0 Å². The van der Waals surface area contributed by atoms with Crippen molar-refractivity contribution in [1.29, 1.82) is 0 Å². The van der Waals surface area contributed by atoms with Crippen LogP contribution < -0.4 is 5.32 Å². The lowest BCUT2D eigenvalue weighted by molar-refractivity contribution is 0.565. The molecule has 0 saturated heterocycles. The molecule has 0 amide bonds. The van der Waals surface area contributed by atoms with Gasteiger partial charge in [-0.25, -0.2) is 0 Å². The molecule has 2 rings (SSSR count). The summed E-state index contributed by atoms with van der Waals surface area (Å²) in [6, 6.07) is 10.8. The molecule has 0 aromatic carbocycles. The molecule has 3 heteroatoms. The number of hydrogen-bond donors (Lipinski definition) is 1. The second-order valence-electron chi connectivity index (χ2n) is 5.87. The first-order valence-corrected chi connectivity index (χ1v) is 7.52. The summed E-state index contributed by atoms with van der Waals surface area (Å²) < 4.78 is 0. The Hall–Kier alpha value is -1.19. The number of thiophene rings is 1. The fourth-order valence-electron chi connectivity index (χ4n) is 1.87. The van der Waals surface area contributed by atoms with Crippen molar-refractivity contribution in [3.05, 3.63) is 52.0 Å². The molecule has 0 aliphatic rings. The summed E-state index contributed by atoms with van der Waals surface area (Å²) in [6.45, 7) is 9.82. The van der Waals surface area contributed by atoms with Crippen LogP contribution in [0.2, 0.25) is 0 Å². The van der Waals surface area contributed by atoms with Gasteiger partial charge in [0.15, 0.2) is 0 Å². The molecule has 2 heterocycles. The van der Waals surface area contributed by atoms with Gasteiger partial charge in [-0.1, -0.05) is 26.8 Å². The minimum Gasteiger partial charge on any atom is -0.304 e. The van der Waals surface area contributed by atoms with Crippen LogP contribution in [-0.2, 0) is 12.0 Å². The van der Waals surface area contributed by atoms with Gasteiger partial charge in [0.05, 0.1) is 5.69 Å². The number of aromatic nitrogens is 1. The van der Waals surface area contributed by atoms with Crippen LogP contribution in [0.15, 0.2) is 36.5 Å². The van der Waals surface area contributed by atoms with Gasteiger partial charge in [-0.2, -0.15) is 0 Å². The molecule has 1 atom stereocenters. The predicted molar refractivity (Wildman–Crippen MR) is 82.5 cm³/mol. The Balaban J connectivity index is 1.94. The molecule has 0 spiro atoms. The van der Waals surface area contributed by atoms with Crippen molar-refractivity contribution in [2.75, 3.05) is 0 Å². The SMILES string of the molecule is CC(NCc1ccc(C(C)(C)C)s1)c1ccccn1. The van der Waals surface area contributed by atoms with Crippen LogP contribution in [0, 0.1) is 0 Å². The van der Waals surface area contributed by atoms with Gasteiger partial charge in [0.2, 0.25) is 0 Å². The lowest BCUT2D eigenvalue weighted by Gasteiger charge is -2.15. The van der Waals surface area contributed by atoms with E-state index in [2.05, 4.69) is 56.2 Å². The Morgan fingerprint density at radius 2 is 2.00 bits per heavy atom. The van der Waals surface area contributed by atoms with Gasteiger partial charge in [0.25, 0.3) is 0 Å². The van der Waals surface area contributed by atoms with Crippen LogP contribution in [0.25, 0.3) is 0 Å². The maximum Gasteiger partial charge on any atom is 0.0570 e. The quantitative estimate of drug-likeness (QED) is 0.899.